The Labute approximate surface area is 336 Å². The van der Waals surface area contributed by atoms with Gasteiger partial charge >= 0.3 is 11.9 Å². The molecule has 0 aromatic heterocycles. The van der Waals surface area contributed by atoms with Crippen LogP contribution in [0.5, 0.6) is 0 Å². The normalized spacial score (nSPS) is 21.3. The van der Waals surface area contributed by atoms with E-state index in [0.29, 0.717) is 12.8 Å². The third-order valence-electron chi connectivity index (χ3n) is 9.17. The first-order valence-electron chi connectivity index (χ1n) is 20.9. The number of ether oxygens (including phenoxy) is 4. The van der Waals surface area contributed by atoms with Gasteiger partial charge in [0.15, 0.2) is 12.4 Å². The number of esters is 2. The fourth-order valence-electron chi connectivity index (χ4n) is 5.90. The first-order chi connectivity index (χ1) is 27.0. The lowest BCUT2D eigenvalue weighted by Gasteiger charge is -2.40. The Morgan fingerprint density at radius 3 is 1.68 bits per heavy atom. The van der Waals surface area contributed by atoms with Crippen molar-refractivity contribution in [2.45, 2.75) is 179 Å². The lowest BCUT2D eigenvalue weighted by molar-refractivity contribution is -0.297. The summed E-state index contributed by atoms with van der Waals surface area (Å²) < 4.78 is 53.9. The van der Waals surface area contributed by atoms with Gasteiger partial charge in [0.1, 0.15) is 36.8 Å². The number of aliphatic hydroxyl groups is 3. The molecule has 1 aliphatic rings. The molecule has 1 aliphatic heterocycles. The van der Waals surface area contributed by atoms with Gasteiger partial charge in [0, 0.05) is 12.8 Å². The van der Waals surface area contributed by atoms with Crippen molar-refractivity contribution in [3.63, 3.8) is 0 Å². The van der Waals surface area contributed by atoms with Crippen LogP contribution < -0.4 is 0 Å². The standard InChI is InChI=1S/C43H72O12S/c1-3-5-7-9-11-13-15-17-18-20-21-23-25-27-29-31-38(44)52-33-36(34-53-43-42(48)41(47)40(46)37(55-43)35-56(49,50)51)54-39(45)32-30-28-26-24-22-19-16-14-12-10-8-6-4-2/h6,8,10-17,36-37,40-43,46-48H,3-5,7,9,18-35H2,1-2H3,(H,49,50,51)/b8-6+,12-10+,13-11+,16-14+,17-15+/t36?,37-,40-,41?,42?,43+/m1/s1. The van der Waals surface area contributed by atoms with Crippen LogP contribution in [-0.2, 0) is 38.7 Å². The summed E-state index contributed by atoms with van der Waals surface area (Å²) in [6, 6.07) is 0. The predicted octanol–water partition coefficient (Wildman–Crippen LogP) is 7.78. The highest BCUT2D eigenvalue weighted by atomic mass is 32.2. The Kier molecular flexibility index (Phi) is 30.6. The quantitative estimate of drug-likeness (QED) is 0.0219. The van der Waals surface area contributed by atoms with E-state index >= 15 is 0 Å². The molecule has 13 heteroatoms. The summed E-state index contributed by atoms with van der Waals surface area (Å²) in [6.07, 6.45) is 29.8. The van der Waals surface area contributed by atoms with E-state index < -0.39 is 71.2 Å². The maximum atomic E-state index is 12.8. The van der Waals surface area contributed by atoms with E-state index in [0.717, 1.165) is 83.5 Å². The van der Waals surface area contributed by atoms with Gasteiger partial charge in [-0.25, -0.2) is 0 Å². The Morgan fingerprint density at radius 1 is 0.625 bits per heavy atom. The summed E-state index contributed by atoms with van der Waals surface area (Å²) in [7, 11) is -4.61. The number of hydrogen-bond donors (Lipinski definition) is 4. The van der Waals surface area contributed by atoms with Crippen molar-refractivity contribution < 1.29 is 56.8 Å². The molecule has 1 heterocycles. The minimum absolute atomic E-state index is 0.136. The number of carbonyl (C=O) groups excluding carboxylic acids is 2. The van der Waals surface area contributed by atoms with Crippen molar-refractivity contribution in [3.05, 3.63) is 60.8 Å². The molecule has 0 spiro atoms. The summed E-state index contributed by atoms with van der Waals surface area (Å²) in [5, 5.41) is 30.8. The smallest absolute Gasteiger partial charge is 0.306 e. The largest absolute Gasteiger partial charge is 0.462 e. The highest BCUT2D eigenvalue weighted by Gasteiger charge is 2.46. The molecular formula is C43H72O12S. The molecule has 1 saturated heterocycles. The Morgan fingerprint density at radius 2 is 1.12 bits per heavy atom. The van der Waals surface area contributed by atoms with Crippen molar-refractivity contribution in [1.82, 2.24) is 0 Å². The average Bonchev–Trinajstić information content (AvgIpc) is 3.16. The fraction of sp³-hybridized carbons (Fsp3) is 0.721. The molecule has 4 N–H and O–H groups in total. The Bertz CT molecular complexity index is 1280. The summed E-state index contributed by atoms with van der Waals surface area (Å²) in [6.45, 7) is 3.54. The first kappa shape index (κ1) is 51.4. The third-order valence-corrected chi connectivity index (χ3v) is 9.92. The van der Waals surface area contributed by atoms with Crippen LogP contribution >= 0.6 is 0 Å². The van der Waals surface area contributed by atoms with Crippen molar-refractivity contribution in [2.75, 3.05) is 19.0 Å². The number of aliphatic hydroxyl groups excluding tert-OH is 3. The second-order valence-electron chi connectivity index (χ2n) is 14.4. The molecule has 0 saturated carbocycles. The zero-order valence-corrected chi connectivity index (χ0v) is 34.8. The zero-order valence-electron chi connectivity index (χ0n) is 34.0. The summed E-state index contributed by atoms with van der Waals surface area (Å²) in [5.74, 6) is -2.03. The van der Waals surface area contributed by atoms with Gasteiger partial charge in [0.25, 0.3) is 10.1 Å². The average molecular weight is 813 g/mol. The molecule has 0 aromatic carbocycles. The molecule has 3 unspecified atom stereocenters. The second-order valence-corrected chi connectivity index (χ2v) is 15.9. The number of hydrogen-bond acceptors (Lipinski definition) is 11. The number of allylic oxidation sites excluding steroid dienone is 10. The molecule has 6 atom stereocenters. The summed E-state index contributed by atoms with van der Waals surface area (Å²) in [4.78, 5) is 25.3. The molecule has 1 fully saturated rings. The highest BCUT2D eigenvalue weighted by molar-refractivity contribution is 7.85. The zero-order chi connectivity index (χ0) is 41.3. The molecule has 322 valence electrons. The molecule has 0 aliphatic carbocycles. The first-order valence-corrected chi connectivity index (χ1v) is 22.5. The van der Waals surface area contributed by atoms with Gasteiger partial charge in [-0.1, -0.05) is 132 Å². The molecule has 56 heavy (non-hydrogen) atoms. The van der Waals surface area contributed by atoms with Gasteiger partial charge in [-0.15, -0.1) is 0 Å². The topological polar surface area (TPSA) is 186 Å². The highest BCUT2D eigenvalue weighted by Crippen LogP contribution is 2.24. The lowest BCUT2D eigenvalue weighted by Crippen LogP contribution is -2.60. The number of rotatable bonds is 33. The molecule has 0 bridgehead atoms. The minimum Gasteiger partial charge on any atom is -0.462 e. The van der Waals surface area contributed by atoms with Crippen LogP contribution in [0.25, 0.3) is 0 Å². The molecule has 0 amide bonds. The van der Waals surface area contributed by atoms with Gasteiger partial charge in [0.2, 0.25) is 0 Å². The monoisotopic (exact) mass is 812 g/mol. The van der Waals surface area contributed by atoms with E-state index in [1.54, 1.807) is 0 Å². The van der Waals surface area contributed by atoms with Crippen molar-refractivity contribution in [3.8, 4) is 0 Å². The van der Waals surface area contributed by atoms with Crippen LogP contribution in [-0.4, -0.2) is 96.0 Å². The summed E-state index contributed by atoms with van der Waals surface area (Å²) in [5.41, 5.74) is 0. The fourth-order valence-corrected chi connectivity index (χ4v) is 6.59. The maximum absolute atomic E-state index is 12.8. The minimum atomic E-state index is -4.61. The van der Waals surface area contributed by atoms with Crippen molar-refractivity contribution in [1.29, 1.82) is 0 Å². The van der Waals surface area contributed by atoms with E-state index in [1.165, 1.54) is 19.3 Å². The van der Waals surface area contributed by atoms with Crippen LogP contribution in [0.2, 0.25) is 0 Å². The molecular weight excluding hydrogens is 741 g/mol. The van der Waals surface area contributed by atoms with E-state index in [4.69, 9.17) is 18.9 Å². The molecule has 12 nitrogen and oxygen atoms in total. The van der Waals surface area contributed by atoms with Crippen molar-refractivity contribution in [2.24, 2.45) is 0 Å². The predicted molar refractivity (Wildman–Crippen MR) is 219 cm³/mol. The van der Waals surface area contributed by atoms with Gasteiger partial charge in [-0.2, -0.15) is 8.42 Å². The van der Waals surface area contributed by atoms with Crippen LogP contribution in [0.1, 0.15) is 142 Å². The van der Waals surface area contributed by atoms with Gasteiger partial charge < -0.3 is 34.3 Å². The van der Waals surface area contributed by atoms with Crippen LogP contribution in [0.3, 0.4) is 0 Å². The van der Waals surface area contributed by atoms with E-state index in [1.807, 2.05) is 24.3 Å². The summed E-state index contributed by atoms with van der Waals surface area (Å²) >= 11 is 0. The molecule has 1 rings (SSSR count). The SMILES string of the molecule is CC/C=C/C=C/C=C/CCCCCCCC(=O)OC(COC(=O)CCCCCCCC/C=C/C=C/CCCCC)CO[C@H]1O[C@H](CS(=O)(=O)O)[C@@H](O)C(O)C1O. The van der Waals surface area contributed by atoms with Gasteiger partial charge in [-0.3, -0.25) is 14.1 Å². The second kappa shape index (κ2) is 33.3. The van der Waals surface area contributed by atoms with E-state index in [-0.39, 0.29) is 19.4 Å². The van der Waals surface area contributed by atoms with E-state index in [9.17, 15) is 37.9 Å². The van der Waals surface area contributed by atoms with Gasteiger partial charge in [-0.05, 0) is 57.8 Å². The molecule has 0 radical (unpaired) electrons. The van der Waals surface area contributed by atoms with Crippen molar-refractivity contribution >= 4 is 22.1 Å². The maximum Gasteiger partial charge on any atom is 0.306 e. The number of unbranched alkanes of at least 4 members (excludes halogenated alkanes) is 14. The Balaban J connectivity index is 2.51. The lowest BCUT2D eigenvalue weighted by atomic mass is 10.00. The van der Waals surface area contributed by atoms with Crippen LogP contribution in [0, 0.1) is 0 Å². The Hall–Kier alpha value is -2.65. The third kappa shape index (κ3) is 27.9. The van der Waals surface area contributed by atoms with Crippen LogP contribution in [0.4, 0.5) is 0 Å². The van der Waals surface area contributed by atoms with Crippen LogP contribution in [0.15, 0.2) is 60.8 Å². The molecule has 0 aromatic rings. The number of carbonyl (C=O) groups is 2. The van der Waals surface area contributed by atoms with Gasteiger partial charge in [0.05, 0.1) is 6.61 Å². The van der Waals surface area contributed by atoms with E-state index in [2.05, 4.69) is 50.3 Å².